The molecule has 1 aromatic heterocycles. The lowest BCUT2D eigenvalue weighted by Crippen LogP contribution is -2.30. The second-order valence-corrected chi connectivity index (χ2v) is 2.73. The lowest BCUT2D eigenvalue weighted by molar-refractivity contribution is -0.203. The predicted molar refractivity (Wildman–Crippen MR) is 40.0 cm³/mol. The third kappa shape index (κ3) is 2.66. The Labute approximate surface area is 77.2 Å². The van der Waals surface area contributed by atoms with Crippen LogP contribution >= 0.6 is 0 Å². The molecule has 0 aliphatic carbocycles. The van der Waals surface area contributed by atoms with E-state index in [1.54, 1.807) is 0 Å². The second-order valence-electron chi connectivity index (χ2n) is 2.73. The average Bonchev–Trinajstić information content (AvgIpc) is 2.07. The van der Waals surface area contributed by atoms with Crippen molar-refractivity contribution < 1.29 is 22.7 Å². The number of rotatable bonds is 2. The molecule has 0 amide bonds. The van der Waals surface area contributed by atoms with Gasteiger partial charge in [-0.25, -0.2) is 4.39 Å². The minimum absolute atomic E-state index is 0.204. The van der Waals surface area contributed by atoms with Crippen molar-refractivity contribution in [3.8, 4) is 0 Å². The van der Waals surface area contributed by atoms with Crippen molar-refractivity contribution in [1.29, 1.82) is 0 Å². The topological polar surface area (TPSA) is 33.1 Å². The van der Waals surface area contributed by atoms with Gasteiger partial charge < -0.3 is 5.11 Å². The molecule has 1 aromatic rings. The molecule has 0 saturated carbocycles. The predicted octanol–water partition coefficient (Wildman–Crippen LogP) is 1.69. The van der Waals surface area contributed by atoms with E-state index in [-0.39, 0.29) is 5.56 Å². The van der Waals surface area contributed by atoms with E-state index < -0.39 is 24.5 Å². The summed E-state index contributed by atoms with van der Waals surface area (Å²) in [7, 11) is 0. The Morgan fingerprint density at radius 3 is 2.57 bits per heavy atom. The molecular weight excluding hydrogens is 202 g/mol. The van der Waals surface area contributed by atoms with Gasteiger partial charge in [0.2, 0.25) is 0 Å². The zero-order valence-electron chi connectivity index (χ0n) is 6.92. The number of hydrogen-bond acceptors (Lipinski definition) is 2. The van der Waals surface area contributed by atoms with Crippen molar-refractivity contribution in [3.05, 3.63) is 29.8 Å². The monoisotopic (exact) mass is 209 g/mol. The van der Waals surface area contributed by atoms with Gasteiger partial charge in [0.15, 0.2) is 6.10 Å². The Kier molecular flexibility index (Phi) is 3.05. The fourth-order valence-electron chi connectivity index (χ4n) is 0.894. The Bertz CT molecular complexity index is 312. The number of pyridine rings is 1. The number of alkyl halides is 3. The second kappa shape index (κ2) is 3.91. The van der Waals surface area contributed by atoms with Crippen LogP contribution in [0.1, 0.15) is 5.56 Å². The Morgan fingerprint density at radius 1 is 1.43 bits per heavy atom. The van der Waals surface area contributed by atoms with Crippen LogP contribution in [0.3, 0.4) is 0 Å². The molecule has 78 valence electrons. The minimum atomic E-state index is -4.73. The first-order valence-electron chi connectivity index (χ1n) is 3.74. The van der Waals surface area contributed by atoms with Crippen LogP contribution in [0.15, 0.2) is 18.5 Å². The van der Waals surface area contributed by atoms with Crippen LogP contribution in [0.25, 0.3) is 0 Å². The highest BCUT2D eigenvalue weighted by atomic mass is 19.4. The quantitative estimate of drug-likeness (QED) is 0.752. The van der Waals surface area contributed by atoms with Crippen molar-refractivity contribution in [2.24, 2.45) is 0 Å². The molecule has 0 fully saturated rings. The maximum atomic E-state index is 12.8. The molecular formula is C8H7F4NO. The Balaban J connectivity index is 2.75. The summed E-state index contributed by atoms with van der Waals surface area (Å²) >= 11 is 0. The molecule has 0 spiro atoms. The van der Waals surface area contributed by atoms with E-state index in [0.29, 0.717) is 0 Å². The molecule has 1 atom stereocenters. The van der Waals surface area contributed by atoms with E-state index in [2.05, 4.69) is 4.98 Å². The average molecular weight is 209 g/mol. The fourth-order valence-corrected chi connectivity index (χ4v) is 0.894. The first kappa shape index (κ1) is 10.9. The number of hydrogen-bond donors (Lipinski definition) is 1. The highest BCUT2D eigenvalue weighted by Gasteiger charge is 2.38. The van der Waals surface area contributed by atoms with Gasteiger partial charge in [-0.3, -0.25) is 4.98 Å². The first-order chi connectivity index (χ1) is 6.41. The Morgan fingerprint density at radius 2 is 2.07 bits per heavy atom. The smallest absolute Gasteiger partial charge is 0.383 e. The molecule has 14 heavy (non-hydrogen) atoms. The minimum Gasteiger partial charge on any atom is -0.383 e. The molecule has 0 bridgehead atoms. The molecule has 0 aliphatic rings. The number of aliphatic hydroxyl groups excluding tert-OH is 1. The molecule has 0 saturated heterocycles. The SMILES string of the molecule is OC(Cc1ccncc1F)C(F)(F)F. The number of nitrogens with zero attached hydrogens (tertiary/aromatic N) is 1. The summed E-state index contributed by atoms with van der Waals surface area (Å²) in [6.07, 6.45) is -6.09. The lowest BCUT2D eigenvalue weighted by atomic mass is 10.1. The van der Waals surface area contributed by atoms with E-state index >= 15 is 0 Å². The summed E-state index contributed by atoms with van der Waals surface area (Å²) in [5.74, 6) is -0.851. The standard InChI is InChI=1S/C8H7F4NO/c9-6-4-13-2-1-5(6)3-7(14)8(10,11)12/h1-2,4,7,14H,3H2. The molecule has 1 heterocycles. The van der Waals surface area contributed by atoms with E-state index in [4.69, 9.17) is 5.11 Å². The van der Waals surface area contributed by atoms with Gasteiger partial charge in [0, 0.05) is 12.6 Å². The summed E-state index contributed by atoms with van der Waals surface area (Å²) in [6.45, 7) is 0. The maximum Gasteiger partial charge on any atom is 0.414 e. The van der Waals surface area contributed by atoms with Crippen LogP contribution in [-0.2, 0) is 6.42 Å². The van der Waals surface area contributed by atoms with Crippen molar-refractivity contribution in [2.75, 3.05) is 0 Å². The van der Waals surface area contributed by atoms with E-state index in [1.165, 1.54) is 6.20 Å². The van der Waals surface area contributed by atoms with Crippen molar-refractivity contribution in [2.45, 2.75) is 18.7 Å². The zero-order chi connectivity index (χ0) is 10.8. The van der Waals surface area contributed by atoms with Gasteiger partial charge in [-0.2, -0.15) is 13.2 Å². The van der Waals surface area contributed by atoms with E-state index in [1.807, 2.05) is 0 Å². The number of halogens is 4. The lowest BCUT2D eigenvalue weighted by Gasteiger charge is -2.14. The molecule has 0 aromatic carbocycles. The van der Waals surface area contributed by atoms with Crippen molar-refractivity contribution in [1.82, 2.24) is 4.98 Å². The van der Waals surface area contributed by atoms with Crippen LogP contribution in [0, 0.1) is 5.82 Å². The summed E-state index contributed by atoms with van der Waals surface area (Å²) in [5, 5.41) is 8.65. The molecule has 0 aliphatic heterocycles. The van der Waals surface area contributed by atoms with Crippen molar-refractivity contribution >= 4 is 0 Å². The third-order valence-corrected chi connectivity index (χ3v) is 1.65. The van der Waals surface area contributed by atoms with Gasteiger partial charge in [-0.15, -0.1) is 0 Å². The summed E-state index contributed by atoms with van der Waals surface area (Å²) in [6, 6.07) is 1.10. The third-order valence-electron chi connectivity index (χ3n) is 1.65. The summed E-state index contributed by atoms with van der Waals surface area (Å²) in [4.78, 5) is 3.38. The molecule has 1 rings (SSSR count). The van der Waals surface area contributed by atoms with Gasteiger partial charge in [0.05, 0.1) is 6.20 Å². The largest absolute Gasteiger partial charge is 0.414 e. The molecule has 6 heteroatoms. The van der Waals surface area contributed by atoms with Gasteiger partial charge in [0.25, 0.3) is 0 Å². The van der Waals surface area contributed by atoms with Gasteiger partial charge >= 0.3 is 6.18 Å². The van der Waals surface area contributed by atoms with Crippen LogP contribution in [0.2, 0.25) is 0 Å². The number of aromatic nitrogens is 1. The van der Waals surface area contributed by atoms with Crippen LogP contribution in [0.5, 0.6) is 0 Å². The normalized spacial score (nSPS) is 14.1. The Hall–Kier alpha value is -1.17. The fraction of sp³-hybridized carbons (Fsp3) is 0.375. The summed E-state index contributed by atoms with van der Waals surface area (Å²) < 4.78 is 48.4. The highest BCUT2D eigenvalue weighted by molar-refractivity contribution is 5.13. The van der Waals surface area contributed by atoms with Crippen LogP contribution in [0.4, 0.5) is 17.6 Å². The maximum absolute atomic E-state index is 12.8. The molecule has 2 nitrogen and oxygen atoms in total. The van der Waals surface area contributed by atoms with Crippen molar-refractivity contribution in [3.63, 3.8) is 0 Å². The molecule has 1 unspecified atom stereocenters. The zero-order valence-corrected chi connectivity index (χ0v) is 6.92. The highest BCUT2D eigenvalue weighted by Crippen LogP contribution is 2.23. The van der Waals surface area contributed by atoms with Crippen LogP contribution in [-0.4, -0.2) is 22.4 Å². The van der Waals surface area contributed by atoms with Gasteiger partial charge in [-0.05, 0) is 11.6 Å². The van der Waals surface area contributed by atoms with E-state index in [9.17, 15) is 17.6 Å². The van der Waals surface area contributed by atoms with E-state index in [0.717, 1.165) is 12.3 Å². The summed E-state index contributed by atoms with van der Waals surface area (Å²) in [5.41, 5.74) is -0.204. The molecule has 0 radical (unpaired) electrons. The van der Waals surface area contributed by atoms with Crippen LogP contribution < -0.4 is 0 Å². The first-order valence-corrected chi connectivity index (χ1v) is 3.74. The molecule has 1 N–H and O–H groups in total. The van der Waals surface area contributed by atoms with Gasteiger partial charge in [-0.1, -0.05) is 0 Å². The number of aliphatic hydroxyl groups is 1. The van der Waals surface area contributed by atoms with Gasteiger partial charge in [0.1, 0.15) is 5.82 Å².